The van der Waals surface area contributed by atoms with Crippen LogP contribution in [0.3, 0.4) is 0 Å². The fraction of sp³-hybridized carbons (Fsp3) is 0.400. The van der Waals surface area contributed by atoms with Gasteiger partial charge in [0.05, 0.1) is 10.0 Å². The van der Waals surface area contributed by atoms with Crippen LogP contribution in [-0.4, -0.2) is 5.78 Å². The summed E-state index contributed by atoms with van der Waals surface area (Å²) < 4.78 is 0. The zero-order valence-corrected chi connectivity index (χ0v) is 11.7. The molecule has 0 saturated heterocycles. The van der Waals surface area contributed by atoms with Crippen LogP contribution in [0.2, 0.25) is 10.0 Å². The number of ketones is 1. The molecule has 0 bridgehead atoms. The minimum atomic E-state index is 0.218. The first-order valence-electron chi connectivity index (χ1n) is 6.33. The minimum Gasteiger partial charge on any atom is -0.294 e. The Bertz CT molecular complexity index is 477. The molecule has 0 amide bonds. The molecule has 18 heavy (non-hydrogen) atoms. The van der Waals surface area contributed by atoms with Gasteiger partial charge < -0.3 is 0 Å². The molecule has 0 aromatic heterocycles. The van der Waals surface area contributed by atoms with E-state index in [4.69, 9.17) is 23.2 Å². The third-order valence-corrected chi connectivity index (χ3v) is 3.99. The fourth-order valence-corrected chi connectivity index (χ4v) is 2.54. The number of hydrogen-bond acceptors (Lipinski definition) is 1. The summed E-state index contributed by atoms with van der Waals surface area (Å²) in [5.41, 5.74) is 1.91. The zero-order chi connectivity index (χ0) is 13.0. The molecule has 2 rings (SSSR count). The molecular formula is C15H16Cl2O. The van der Waals surface area contributed by atoms with E-state index < -0.39 is 0 Å². The van der Waals surface area contributed by atoms with Crippen molar-refractivity contribution in [2.45, 2.75) is 38.5 Å². The summed E-state index contributed by atoms with van der Waals surface area (Å²) in [5, 5.41) is 1.04. The molecule has 0 spiro atoms. The van der Waals surface area contributed by atoms with Gasteiger partial charge in [0.2, 0.25) is 0 Å². The van der Waals surface area contributed by atoms with Gasteiger partial charge in [-0.15, -0.1) is 0 Å². The van der Waals surface area contributed by atoms with Crippen molar-refractivity contribution in [3.05, 3.63) is 45.5 Å². The molecule has 3 heteroatoms. The molecule has 0 N–H and O–H groups in total. The van der Waals surface area contributed by atoms with Gasteiger partial charge in [0, 0.05) is 6.42 Å². The fourth-order valence-electron chi connectivity index (χ4n) is 2.22. The lowest BCUT2D eigenvalue weighted by Crippen LogP contribution is -2.06. The maximum Gasteiger partial charge on any atom is 0.162 e. The van der Waals surface area contributed by atoms with Gasteiger partial charge in [-0.3, -0.25) is 4.79 Å². The molecule has 0 radical (unpaired) electrons. The Morgan fingerprint density at radius 1 is 1.11 bits per heavy atom. The highest BCUT2D eigenvalue weighted by Crippen LogP contribution is 2.24. The van der Waals surface area contributed by atoms with Gasteiger partial charge in [0.15, 0.2) is 5.78 Å². The number of rotatable bonds is 3. The number of carbonyl (C=O) groups excluding carboxylic acids is 1. The first-order valence-corrected chi connectivity index (χ1v) is 7.08. The van der Waals surface area contributed by atoms with Crippen molar-refractivity contribution in [2.75, 3.05) is 0 Å². The summed E-state index contributed by atoms with van der Waals surface area (Å²) in [6, 6.07) is 5.39. The van der Waals surface area contributed by atoms with E-state index in [0.717, 1.165) is 30.4 Å². The average Bonchev–Trinajstić information content (AvgIpc) is 2.62. The molecule has 1 aliphatic rings. The largest absolute Gasteiger partial charge is 0.294 e. The van der Waals surface area contributed by atoms with E-state index in [2.05, 4.69) is 6.08 Å². The van der Waals surface area contributed by atoms with E-state index in [1.54, 1.807) is 12.1 Å². The van der Waals surface area contributed by atoms with Crippen LogP contribution in [0.4, 0.5) is 0 Å². The molecule has 1 aromatic carbocycles. The van der Waals surface area contributed by atoms with Gasteiger partial charge in [-0.2, -0.15) is 0 Å². The first kappa shape index (κ1) is 13.6. The van der Waals surface area contributed by atoms with Crippen molar-refractivity contribution >= 4 is 29.0 Å². The summed E-state index contributed by atoms with van der Waals surface area (Å²) in [6.45, 7) is 0. The van der Waals surface area contributed by atoms with E-state index in [1.807, 2.05) is 6.07 Å². The molecule has 0 unspecified atom stereocenters. The molecule has 1 aromatic rings. The zero-order valence-electron chi connectivity index (χ0n) is 10.2. The minimum absolute atomic E-state index is 0.218. The summed E-state index contributed by atoms with van der Waals surface area (Å²) in [5.74, 6) is 0.218. The van der Waals surface area contributed by atoms with E-state index in [1.165, 1.54) is 12.8 Å². The Hall–Kier alpha value is -0.790. The highest BCUT2D eigenvalue weighted by atomic mass is 35.5. The van der Waals surface area contributed by atoms with E-state index >= 15 is 0 Å². The van der Waals surface area contributed by atoms with Crippen LogP contribution < -0.4 is 0 Å². The molecular weight excluding hydrogens is 267 g/mol. The van der Waals surface area contributed by atoms with Gasteiger partial charge in [-0.25, -0.2) is 0 Å². The predicted molar refractivity (Wildman–Crippen MR) is 76.3 cm³/mol. The lowest BCUT2D eigenvalue weighted by Gasteiger charge is -2.06. The third-order valence-electron chi connectivity index (χ3n) is 3.25. The second-order valence-electron chi connectivity index (χ2n) is 4.68. The van der Waals surface area contributed by atoms with Crippen LogP contribution >= 0.6 is 23.2 Å². The smallest absolute Gasteiger partial charge is 0.162 e. The van der Waals surface area contributed by atoms with Gasteiger partial charge in [0.25, 0.3) is 0 Å². The van der Waals surface area contributed by atoms with Gasteiger partial charge in [-0.1, -0.05) is 41.8 Å². The standard InChI is InChI=1S/C15H16Cl2O/c16-13-8-7-11(9-14(13)17)10-15(18)12-5-3-1-2-4-6-12/h5,7-9H,1-4,6,10H2. The maximum atomic E-state index is 12.2. The predicted octanol–water partition coefficient (Wildman–Crippen LogP) is 5.00. The summed E-state index contributed by atoms with van der Waals surface area (Å²) in [6.07, 6.45) is 8.01. The van der Waals surface area contributed by atoms with Crippen molar-refractivity contribution in [1.29, 1.82) is 0 Å². The highest BCUT2D eigenvalue weighted by Gasteiger charge is 2.12. The molecule has 0 heterocycles. The Morgan fingerprint density at radius 3 is 2.72 bits per heavy atom. The van der Waals surface area contributed by atoms with Gasteiger partial charge >= 0.3 is 0 Å². The van der Waals surface area contributed by atoms with E-state index in [9.17, 15) is 4.79 Å². The van der Waals surface area contributed by atoms with Gasteiger partial charge in [-0.05, 0) is 49.0 Å². The van der Waals surface area contributed by atoms with Crippen molar-refractivity contribution in [3.63, 3.8) is 0 Å². The van der Waals surface area contributed by atoms with E-state index in [-0.39, 0.29) is 5.78 Å². The SMILES string of the molecule is O=C(Cc1ccc(Cl)c(Cl)c1)C1=CCCCCC1. The third kappa shape index (κ3) is 3.60. The molecule has 0 atom stereocenters. The van der Waals surface area contributed by atoms with Crippen molar-refractivity contribution < 1.29 is 4.79 Å². The Kier molecular flexibility index (Phi) is 4.85. The Morgan fingerprint density at radius 2 is 1.94 bits per heavy atom. The maximum absolute atomic E-state index is 12.2. The Labute approximate surface area is 118 Å². The lowest BCUT2D eigenvalue weighted by atomic mass is 10.00. The normalized spacial score (nSPS) is 16.0. The monoisotopic (exact) mass is 282 g/mol. The lowest BCUT2D eigenvalue weighted by molar-refractivity contribution is -0.115. The molecule has 0 aliphatic heterocycles. The second kappa shape index (κ2) is 6.40. The van der Waals surface area contributed by atoms with Crippen molar-refractivity contribution in [3.8, 4) is 0 Å². The molecule has 96 valence electrons. The second-order valence-corrected chi connectivity index (χ2v) is 5.49. The average molecular weight is 283 g/mol. The van der Waals surface area contributed by atoms with E-state index in [0.29, 0.717) is 16.5 Å². The number of halogens is 2. The van der Waals surface area contributed by atoms with Crippen molar-refractivity contribution in [1.82, 2.24) is 0 Å². The number of benzene rings is 1. The highest BCUT2D eigenvalue weighted by molar-refractivity contribution is 6.42. The molecule has 0 fully saturated rings. The Balaban J connectivity index is 2.06. The summed E-state index contributed by atoms with van der Waals surface area (Å²) >= 11 is 11.8. The van der Waals surface area contributed by atoms with Crippen LogP contribution in [0.25, 0.3) is 0 Å². The summed E-state index contributed by atoms with van der Waals surface area (Å²) in [7, 11) is 0. The van der Waals surface area contributed by atoms with Crippen LogP contribution in [0.1, 0.15) is 37.7 Å². The van der Waals surface area contributed by atoms with Crippen LogP contribution in [0.15, 0.2) is 29.8 Å². The first-order chi connectivity index (χ1) is 8.66. The number of carbonyl (C=O) groups is 1. The number of hydrogen-bond donors (Lipinski definition) is 0. The number of Topliss-reactive ketones (excluding diaryl/α,β-unsaturated/α-hetero) is 1. The van der Waals surface area contributed by atoms with Gasteiger partial charge in [0.1, 0.15) is 0 Å². The van der Waals surface area contributed by atoms with Crippen LogP contribution in [-0.2, 0) is 11.2 Å². The van der Waals surface area contributed by atoms with Crippen LogP contribution in [0.5, 0.6) is 0 Å². The number of allylic oxidation sites excluding steroid dienone is 2. The summed E-state index contributed by atoms with van der Waals surface area (Å²) in [4.78, 5) is 12.2. The quantitative estimate of drug-likeness (QED) is 0.763. The molecule has 1 aliphatic carbocycles. The van der Waals surface area contributed by atoms with Crippen molar-refractivity contribution in [2.24, 2.45) is 0 Å². The molecule has 0 saturated carbocycles. The van der Waals surface area contributed by atoms with Crippen LogP contribution in [0, 0.1) is 0 Å². The molecule has 1 nitrogen and oxygen atoms in total. The topological polar surface area (TPSA) is 17.1 Å².